The van der Waals surface area contributed by atoms with Crippen LogP contribution in [0.3, 0.4) is 0 Å². The summed E-state index contributed by atoms with van der Waals surface area (Å²) in [7, 11) is 7.90. The molecular formula is C24H41N5O2. The zero-order chi connectivity index (χ0) is 22.1. The van der Waals surface area contributed by atoms with Gasteiger partial charge in [-0.05, 0) is 70.6 Å². The van der Waals surface area contributed by atoms with Gasteiger partial charge in [-0.15, -0.1) is 0 Å². The van der Waals surface area contributed by atoms with E-state index in [9.17, 15) is 0 Å². The predicted molar refractivity (Wildman–Crippen MR) is 127 cm³/mol. The maximum absolute atomic E-state index is 5.60. The van der Waals surface area contributed by atoms with Crippen molar-refractivity contribution in [1.29, 1.82) is 0 Å². The Kier molecular flexibility index (Phi) is 8.99. The van der Waals surface area contributed by atoms with Crippen LogP contribution in [0.2, 0.25) is 0 Å². The van der Waals surface area contributed by atoms with E-state index in [2.05, 4.69) is 63.8 Å². The molecule has 3 rings (SSSR count). The fourth-order valence-corrected chi connectivity index (χ4v) is 4.71. The Bertz CT molecular complexity index is 680. The molecule has 2 aliphatic rings. The van der Waals surface area contributed by atoms with Crippen LogP contribution in [0.4, 0.5) is 0 Å². The number of methoxy groups -OCH3 is 1. The first-order valence-electron chi connectivity index (χ1n) is 11.7. The minimum absolute atomic E-state index is 0.109. The van der Waals surface area contributed by atoms with Crippen LogP contribution in [-0.2, 0) is 4.74 Å². The molecule has 0 bridgehead atoms. The van der Waals surface area contributed by atoms with Crippen LogP contribution in [0.15, 0.2) is 29.3 Å². The van der Waals surface area contributed by atoms with Gasteiger partial charge in [-0.25, -0.2) is 0 Å². The number of benzene rings is 1. The van der Waals surface area contributed by atoms with Crippen LogP contribution in [-0.4, -0.2) is 88.9 Å². The molecule has 2 saturated heterocycles. The molecule has 0 amide bonds. The SMILES string of the molecule is CN=C(NCC(c1ccc(OC)cc1)N1CCCCC1)NCC1(N(C)C)CCOCC1. The highest BCUT2D eigenvalue weighted by Gasteiger charge is 2.35. The molecule has 1 aromatic carbocycles. The van der Waals surface area contributed by atoms with Gasteiger partial charge in [0.15, 0.2) is 5.96 Å². The van der Waals surface area contributed by atoms with Crippen molar-refractivity contribution in [3.8, 4) is 5.75 Å². The zero-order valence-corrected chi connectivity index (χ0v) is 19.8. The fraction of sp³-hybridized carbons (Fsp3) is 0.708. The standard InChI is InChI=1S/C24H41N5O2/c1-25-23(27-19-24(28(2)3)12-16-31-17-13-24)26-18-22(29-14-6-5-7-15-29)20-8-10-21(30-4)11-9-20/h8-11,22H,5-7,12-19H2,1-4H3,(H2,25,26,27). The fourth-order valence-electron chi connectivity index (χ4n) is 4.71. The van der Waals surface area contributed by atoms with Crippen molar-refractivity contribution in [3.05, 3.63) is 29.8 Å². The van der Waals surface area contributed by atoms with Crippen LogP contribution >= 0.6 is 0 Å². The lowest BCUT2D eigenvalue weighted by atomic mass is 9.88. The molecule has 2 aliphatic heterocycles. The highest BCUT2D eigenvalue weighted by atomic mass is 16.5. The summed E-state index contributed by atoms with van der Waals surface area (Å²) in [5.74, 6) is 1.76. The molecule has 0 aliphatic carbocycles. The number of hydrogen-bond donors (Lipinski definition) is 2. The molecule has 7 nitrogen and oxygen atoms in total. The zero-order valence-electron chi connectivity index (χ0n) is 19.8. The number of piperidine rings is 1. The molecule has 1 atom stereocenters. The summed E-state index contributed by atoms with van der Waals surface area (Å²) in [6.45, 7) is 5.62. The number of aliphatic imine (C=N–C) groups is 1. The van der Waals surface area contributed by atoms with Gasteiger partial charge in [-0.1, -0.05) is 18.6 Å². The van der Waals surface area contributed by atoms with Gasteiger partial charge in [-0.3, -0.25) is 9.89 Å². The molecule has 174 valence electrons. The lowest BCUT2D eigenvalue weighted by Gasteiger charge is -2.43. The second kappa shape index (κ2) is 11.7. The van der Waals surface area contributed by atoms with Gasteiger partial charge in [0, 0.05) is 38.9 Å². The average Bonchev–Trinajstić information content (AvgIpc) is 2.82. The van der Waals surface area contributed by atoms with Crippen molar-refractivity contribution in [2.24, 2.45) is 4.99 Å². The summed E-state index contributed by atoms with van der Waals surface area (Å²) in [5.41, 5.74) is 1.43. The second-order valence-corrected chi connectivity index (χ2v) is 8.92. The van der Waals surface area contributed by atoms with E-state index >= 15 is 0 Å². The molecule has 2 N–H and O–H groups in total. The molecule has 0 aromatic heterocycles. The quantitative estimate of drug-likeness (QED) is 0.487. The van der Waals surface area contributed by atoms with E-state index in [-0.39, 0.29) is 5.54 Å². The van der Waals surface area contributed by atoms with Gasteiger partial charge < -0.3 is 25.0 Å². The number of hydrogen-bond acceptors (Lipinski definition) is 5. The third-order valence-electron chi connectivity index (χ3n) is 6.98. The first-order valence-corrected chi connectivity index (χ1v) is 11.7. The number of likely N-dealkylation sites (N-methyl/N-ethyl adjacent to an activating group) is 1. The third-order valence-corrected chi connectivity index (χ3v) is 6.98. The first kappa shape index (κ1) is 23.8. The number of nitrogens with zero attached hydrogens (tertiary/aromatic N) is 3. The number of guanidine groups is 1. The van der Waals surface area contributed by atoms with E-state index in [1.165, 1.54) is 24.8 Å². The topological polar surface area (TPSA) is 61.4 Å². The molecule has 1 unspecified atom stereocenters. The van der Waals surface area contributed by atoms with Crippen molar-refractivity contribution in [2.45, 2.75) is 43.7 Å². The van der Waals surface area contributed by atoms with Crippen LogP contribution in [0, 0.1) is 0 Å². The van der Waals surface area contributed by atoms with Crippen LogP contribution in [0.1, 0.15) is 43.7 Å². The number of rotatable bonds is 8. The van der Waals surface area contributed by atoms with Crippen molar-refractivity contribution < 1.29 is 9.47 Å². The van der Waals surface area contributed by atoms with Gasteiger partial charge in [0.1, 0.15) is 5.75 Å². The molecule has 0 radical (unpaired) electrons. The molecule has 2 heterocycles. The monoisotopic (exact) mass is 431 g/mol. The maximum Gasteiger partial charge on any atom is 0.191 e. The summed E-state index contributed by atoms with van der Waals surface area (Å²) in [4.78, 5) is 9.45. The molecule has 7 heteroatoms. The number of nitrogens with one attached hydrogen (secondary N) is 2. The molecular weight excluding hydrogens is 390 g/mol. The molecule has 0 spiro atoms. The van der Waals surface area contributed by atoms with E-state index < -0.39 is 0 Å². The van der Waals surface area contributed by atoms with Crippen molar-refractivity contribution in [2.75, 3.05) is 67.6 Å². The third kappa shape index (κ3) is 6.34. The van der Waals surface area contributed by atoms with Crippen molar-refractivity contribution in [1.82, 2.24) is 20.4 Å². The lowest BCUT2D eigenvalue weighted by molar-refractivity contribution is -0.00502. The van der Waals surface area contributed by atoms with E-state index in [0.29, 0.717) is 6.04 Å². The Morgan fingerprint density at radius 3 is 2.39 bits per heavy atom. The van der Waals surface area contributed by atoms with E-state index in [4.69, 9.17) is 9.47 Å². The predicted octanol–water partition coefficient (Wildman–Crippen LogP) is 2.50. The number of ether oxygens (including phenoxy) is 2. The first-order chi connectivity index (χ1) is 15.1. The van der Waals surface area contributed by atoms with E-state index in [1.54, 1.807) is 7.11 Å². The minimum atomic E-state index is 0.109. The van der Waals surface area contributed by atoms with E-state index in [0.717, 1.165) is 63.9 Å². The summed E-state index contributed by atoms with van der Waals surface area (Å²) in [6, 6.07) is 8.82. The Labute approximate surface area is 188 Å². The van der Waals surface area contributed by atoms with Gasteiger partial charge in [0.2, 0.25) is 0 Å². The largest absolute Gasteiger partial charge is 0.497 e. The second-order valence-electron chi connectivity index (χ2n) is 8.92. The minimum Gasteiger partial charge on any atom is -0.497 e. The maximum atomic E-state index is 5.60. The molecule has 1 aromatic rings. The summed E-state index contributed by atoms with van der Waals surface area (Å²) in [6.07, 6.45) is 5.94. The summed E-state index contributed by atoms with van der Waals surface area (Å²) < 4.78 is 11.0. The molecule has 0 saturated carbocycles. The van der Waals surface area contributed by atoms with Gasteiger partial charge in [0.25, 0.3) is 0 Å². The molecule has 31 heavy (non-hydrogen) atoms. The van der Waals surface area contributed by atoms with E-state index in [1.807, 2.05) is 7.05 Å². The highest BCUT2D eigenvalue weighted by molar-refractivity contribution is 5.79. The summed E-state index contributed by atoms with van der Waals surface area (Å²) >= 11 is 0. The Morgan fingerprint density at radius 1 is 1.13 bits per heavy atom. The Morgan fingerprint density at radius 2 is 1.81 bits per heavy atom. The van der Waals surface area contributed by atoms with Gasteiger partial charge >= 0.3 is 0 Å². The summed E-state index contributed by atoms with van der Waals surface area (Å²) in [5, 5.41) is 7.20. The smallest absolute Gasteiger partial charge is 0.191 e. The normalized spacial score (nSPS) is 21.0. The number of likely N-dealkylation sites (tertiary alicyclic amines) is 1. The van der Waals surface area contributed by atoms with Crippen molar-refractivity contribution >= 4 is 5.96 Å². The van der Waals surface area contributed by atoms with Crippen LogP contribution < -0.4 is 15.4 Å². The van der Waals surface area contributed by atoms with Crippen LogP contribution in [0.25, 0.3) is 0 Å². The van der Waals surface area contributed by atoms with Crippen molar-refractivity contribution in [3.63, 3.8) is 0 Å². The lowest BCUT2D eigenvalue weighted by Crippen LogP contribution is -2.57. The van der Waals surface area contributed by atoms with Gasteiger partial charge in [-0.2, -0.15) is 0 Å². The Hall–Kier alpha value is -1.83. The Balaban J connectivity index is 1.64. The average molecular weight is 432 g/mol. The van der Waals surface area contributed by atoms with Gasteiger partial charge in [0.05, 0.1) is 13.2 Å². The molecule has 2 fully saturated rings. The van der Waals surface area contributed by atoms with Crippen LogP contribution in [0.5, 0.6) is 5.75 Å². The highest BCUT2D eigenvalue weighted by Crippen LogP contribution is 2.27.